The molecule has 0 saturated heterocycles. The SMILES string of the molecule is CC(CF)C(F)(CF)OF. The highest BCUT2D eigenvalue weighted by Gasteiger charge is 2.39. The third-order valence-electron chi connectivity index (χ3n) is 1.28. The van der Waals surface area contributed by atoms with Gasteiger partial charge in [0, 0.05) is 5.92 Å². The summed E-state index contributed by atoms with van der Waals surface area (Å²) in [4.78, 5) is 2.66. The average Bonchev–Trinajstić information content (AvgIpc) is 2.01. The Morgan fingerprint density at radius 1 is 1.50 bits per heavy atom. The van der Waals surface area contributed by atoms with Crippen LogP contribution in [-0.4, -0.2) is 19.2 Å². The Morgan fingerprint density at radius 3 is 2.10 bits per heavy atom. The van der Waals surface area contributed by atoms with Crippen LogP contribution in [0.5, 0.6) is 0 Å². The van der Waals surface area contributed by atoms with E-state index in [1.165, 1.54) is 0 Å². The molecule has 10 heavy (non-hydrogen) atoms. The highest BCUT2D eigenvalue weighted by atomic mass is 19.3. The first kappa shape index (κ1) is 9.68. The standard InChI is InChI=1S/C5H8F4O/c1-4(2-6)5(8,3-7)10-9/h4H,2-3H2,1H3. The van der Waals surface area contributed by atoms with E-state index in [2.05, 4.69) is 4.94 Å². The summed E-state index contributed by atoms with van der Waals surface area (Å²) < 4.78 is 46.8. The zero-order chi connectivity index (χ0) is 8.20. The van der Waals surface area contributed by atoms with Crippen molar-refractivity contribution in [2.24, 2.45) is 5.92 Å². The second-order valence-corrected chi connectivity index (χ2v) is 2.05. The molecule has 0 aliphatic rings. The highest BCUT2D eigenvalue weighted by Crippen LogP contribution is 2.25. The lowest BCUT2D eigenvalue weighted by molar-refractivity contribution is -0.318. The molecule has 2 unspecified atom stereocenters. The van der Waals surface area contributed by atoms with Crippen molar-refractivity contribution in [2.75, 3.05) is 13.3 Å². The molecule has 0 heterocycles. The number of hydrogen-bond acceptors (Lipinski definition) is 1. The van der Waals surface area contributed by atoms with Gasteiger partial charge in [0.15, 0.2) is 6.67 Å². The van der Waals surface area contributed by atoms with Gasteiger partial charge in [-0.15, -0.1) is 4.94 Å². The lowest BCUT2D eigenvalue weighted by atomic mass is 10.1. The molecule has 62 valence electrons. The van der Waals surface area contributed by atoms with E-state index < -0.39 is 25.1 Å². The molecular formula is C5H8F4O. The van der Waals surface area contributed by atoms with Crippen molar-refractivity contribution in [2.45, 2.75) is 12.8 Å². The molecule has 0 saturated carbocycles. The van der Waals surface area contributed by atoms with Gasteiger partial charge in [0.2, 0.25) is 0 Å². The minimum absolute atomic E-state index is 1.01. The number of halogens is 4. The molecule has 1 nitrogen and oxygen atoms in total. The van der Waals surface area contributed by atoms with Gasteiger partial charge in [0.1, 0.15) is 0 Å². The Kier molecular flexibility index (Phi) is 3.63. The smallest absolute Gasteiger partial charge is 0.251 e. The van der Waals surface area contributed by atoms with Crippen LogP contribution in [0.1, 0.15) is 6.92 Å². The fraction of sp³-hybridized carbons (Fsp3) is 1.00. The van der Waals surface area contributed by atoms with Gasteiger partial charge in [0.05, 0.1) is 6.67 Å². The number of hydrogen-bond donors (Lipinski definition) is 0. The van der Waals surface area contributed by atoms with Crippen LogP contribution in [-0.2, 0) is 4.94 Å². The van der Waals surface area contributed by atoms with Gasteiger partial charge < -0.3 is 0 Å². The van der Waals surface area contributed by atoms with Gasteiger partial charge in [-0.05, 0) is 4.53 Å². The highest BCUT2D eigenvalue weighted by molar-refractivity contribution is 4.72. The molecule has 5 heteroatoms. The van der Waals surface area contributed by atoms with Crippen LogP contribution in [0, 0.1) is 5.92 Å². The average molecular weight is 160 g/mol. The van der Waals surface area contributed by atoms with Gasteiger partial charge in [0.25, 0.3) is 5.85 Å². The van der Waals surface area contributed by atoms with Crippen LogP contribution in [0.4, 0.5) is 17.7 Å². The molecule has 0 rings (SSSR count). The summed E-state index contributed by atoms with van der Waals surface area (Å²) in [5.74, 6) is -4.54. The summed E-state index contributed by atoms with van der Waals surface area (Å²) in [6, 6.07) is 0. The van der Waals surface area contributed by atoms with Gasteiger partial charge in [-0.2, -0.15) is 0 Å². The maximum absolute atomic E-state index is 12.4. The molecule has 2 atom stereocenters. The van der Waals surface area contributed by atoms with E-state index in [-0.39, 0.29) is 0 Å². The molecule has 0 aliphatic carbocycles. The normalized spacial score (nSPS) is 20.1. The molecular weight excluding hydrogens is 152 g/mol. The Balaban J connectivity index is 4.02. The van der Waals surface area contributed by atoms with E-state index in [0.29, 0.717) is 0 Å². The lowest BCUT2D eigenvalue weighted by Gasteiger charge is -2.20. The van der Waals surface area contributed by atoms with Crippen LogP contribution in [0.15, 0.2) is 0 Å². The Bertz CT molecular complexity index is 93.6. The first-order chi connectivity index (χ1) is 4.60. The third kappa shape index (κ3) is 1.83. The minimum Gasteiger partial charge on any atom is -0.251 e. The van der Waals surface area contributed by atoms with E-state index >= 15 is 0 Å². The van der Waals surface area contributed by atoms with Crippen molar-refractivity contribution in [3.05, 3.63) is 0 Å². The molecule has 0 aromatic rings. The van der Waals surface area contributed by atoms with Crippen LogP contribution in [0.25, 0.3) is 0 Å². The monoisotopic (exact) mass is 160 g/mol. The van der Waals surface area contributed by atoms with Gasteiger partial charge in [-0.25, -0.2) is 8.78 Å². The third-order valence-corrected chi connectivity index (χ3v) is 1.28. The summed E-state index contributed by atoms with van der Waals surface area (Å²) in [6.45, 7) is -1.84. The molecule has 0 radical (unpaired) electrons. The van der Waals surface area contributed by atoms with Crippen molar-refractivity contribution in [3.8, 4) is 0 Å². The Morgan fingerprint density at radius 2 is 2.00 bits per heavy atom. The summed E-state index contributed by atoms with van der Waals surface area (Å²) in [6.07, 6.45) is 0. The predicted octanol–water partition coefficient (Wildman–Crippen LogP) is 2.13. The van der Waals surface area contributed by atoms with Gasteiger partial charge in [-0.3, -0.25) is 4.39 Å². The zero-order valence-corrected chi connectivity index (χ0v) is 5.41. The maximum atomic E-state index is 12.4. The Labute approximate surface area is 55.9 Å². The van der Waals surface area contributed by atoms with Crippen molar-refractivity contribution < 1.29 is 22.6 Å². The van der Waals surface area contributed by atoms with Crippen molar-refractivity contribution in [3.63, 3.8) is 0 Å². The second kappa shape index (κ2) is 3.75. The fourth-order valence-corrected chi connectivity index (χ4v) is 0.344. The van der Waals surface area contributed by atoms with Crippen LogP contribution in [0.2, 0.25) is 0 Å². The van der Waals surface area contributed by atoms with E-state index in [1.54, 1.807) is 0 Å². The second-order valence-electron chi connectivity index (χ2n) is 2.05. The molecule has 0 aromatic heterocycles. The van der Waals surface area contributed by atoms with Crippen molar-refractivity contribution in [1.29, 1.82) is 0 Å². The minimum atomic E-state index is -3.12. The summed E-state index contributed by atoms with van der Waals surface area (Å²) in [7, 11) is 0. The van der Waals surface area contributed by atoms with Crippen LogP contribution >= 0.6 is 0 Å². The van der Waals surface area contributed by atoms with Crippen LogP contribution < -0.4 is 0 Å². The first-order valence-corrected chi connectivity index (χ1v) is 2.71. The van der Waals surface area contributed by atoms with Crippen molar-refractivity contribution >= 4 is 0 Å². The Hall–Kier alpha value is -0.320. The molecule has 0 N–H and O–H groups in total. The summed E-state index contributed by atoms with van der Waals surface area (Å²) in [5, 5.41) is 0. The molecule has 0 spiro atoms. The van der Waals surface area contributed by atoms with Crippen LogP contribution in [0.3, 0.4) is 0 Å². The number of alkyl halides is 3. The molecule has 0 bridgehead atoms. The van der Waals surface area contributed by atoms with Gasteiger partial charge >= 0.3 is 0 Å². The van der Waals surface area contributed by atoms with E-state index in [0.717, 1.165) is 6.92 Å². The quantitative estimate of drug-likeness (QED) is 0.572. The van der Waals surface area contributed by atoms with E-state index in [4.69, 9.17) is 0 Å². The lowest BCUT2D eigenvalue weighted by Crippen LogP contribution is -2.36. The van der Waals surface area contributed by atoms with Gasteiger partial charge in [-0.1, -0.05) is 6.92 Å². The molecule has 0 amide bonds. The molecule has 0 aliphatic heterocycles. The molecule has 0 fully saturated rings. The largest absolute Gasteiger partial charge is 0.279 e. The maximum Gasteiger partial charge on any atom is 0.279 e. The first-order valence-electron chi connectivity index (χ1n) is 2.71. The molecule has 0 aromatic carbocycles. The summed E-state index contributed by atoms with van der Waals surface area (Å²) >= 11 is 0. The predicted molar refractivity (Wildman–Crippen MR) is 27.1 cm³/mol. The topological polar surface area (TPSA) is 9.23 Å². The zero-order valence-electron chi connectivity index (χ0n) is 5.41. The number of rotatable bonds is 4. The van der Waals surface area contributed by atoms with Crippen molar-refractivity contribution in [1.82, 2.24) is 0 Å². The fourth-order valence-electron chi connectivity index (χ4n) is 0.344. The van der Waals surface area contributed by atoms with E-state index in [1.807, 2.05) is 0 Å². The summed E-state index contributed by atoms with van der Waals surface area (Å²) in [5.41, 5.74) is 0. The van der Waals surface area contributed by atoms with E-state index in [9.17, 15) is 17.7 Å².